The average molecular weight is 253 g/mol. The third kappa shape index (κ3) is 3.82. The second kappa shape index (κ2) is 5.85. The third-order valence-corrected chi connectivity index (χ3v) is 3.10. The number of aromatic nitrogens is 2. The number of rotatable bonds is 5. The lowest BCUT2D eigenvalue weighted by atomic mass is 10.1. The van der Waals surface area contributed by atoms with Gasteiger partial charge in [-0.05, 0) is 41.5 Å². The molecule has 18 heavy (non-hydrogen) atoms. The zero-order valence-corrected chi connectivity index (χ0v) is 12.8. The molecule has 0 aliphatic carbocycles. The number of hydrogen-bond donors (Lipinski definition) is 1. The largest absolute Gasteiger partial charge is 0.382 e. The monoisotopic (exact) mass is 253 g/mol. The van der Waals surface area contributed by atoms with Crippen LogP contribution in [0.4, 0.5) is 0 Å². The van der Waals surface area contributed by atoms with E-state index in [2.05, 4.69) is 56.6 Å². The lowest BCUT2D eigenvalue weighted by Gasteiger charge is -2.21. The van der Waals surface area contributed by atoms with Crippen molar-refractivity contribution < 1.29 is 4.74 Å². The Morgan fingerprint density at radius 2 is 1.94 bits per heavy atom. The van der Waals surface area contributed by atoms with Gasteiger partial charge in [0.2, 0.25) is 0 Å². The molecular formula is C14H27N3O. The van der Waals surface area contributed by atoms with Gasteiger partial charge in [0.1, 0.15) is 0 Å². The van der Waals surface area contributed by atoms with Gasteiger partial charge in [0, 0.05) is 30.5 Å². The molecule has 1 heterocycles. The molecule has 0 amide bonds. The van der Waals surface area contributed by atoms with Crippen LogP contribution in [0.1, 0.15) is 50.7 Å². The molecule has 104 valence electrons. The SMILES string of the molecule is COCC(C)n1nc(C)c(CNC(C)(C)C)c1C. The maximum Gasteiger partial charge on any atom is 0.0727 e. The number of nitrogens with one attached hydrogen (secondary N) is 1. The van der Waals surface area contributed by atoms with Crippen LogP contribution in [-0.4, -0.2) is 29.0 Å². The Morgan fingerprint density at radius 1 is 1.33 bits per heavy atom. The van der Waals surface area contributed by atoms with Crippen LogP contribution in [0, 0.1) is 13.8 Å². The van der Waals surface area contributed by atoms with E-state index in [1.807, 2.05) is 0 Å². The Balaban J connectivity index is 2.87. The van der Waals surface area contributed by atoms with Crippen molar-refractivity contribution in [1.29, 1.82) is 0 Å². The summed E-state index contributed by atoms with van der Waals surface area (Å²) in [7, 11) is 1.73. The van der Waals surface area contributed by atoms with Crippen LogP contribution in [0.5, 0.6) is 0 Å². The molecule has 0 fully saturated rings. The Labute approximate surface area is 111 Å². The van der Waals surface area contributed by atoms with Gasteiger partial charge in [0.05, 0.1) is 18.3 Å². The minimum Gasteiger partial charge on any atom is -0.382 e. The maximum atomic E-state index is 5.20. The van der Waals surface area contributed by atoms with Crippen LogP contribution in [0.3, 0.4) is 0 Å². The number of ether oxygens (including phenoxy) is 1. The fraction of sp³-hybridized carbons (Fsp3) is 0.786. The van der Waals surface area contributed by atoms with Gasteiger partial charge in [-0.15, -0.1) is 0 Å². The smallest absolute Gasteiger partial charge is 0.0727 e. The predicted octanol–water partition coefficient (Wildman–Crippen LogP) is 2.60. The minimum atomic E-state index is 0.124. The highest BCUT2D eigenvalue weighted by atomic mass is 16.5. The van der Waals surface area contributed by atoms with Crippen LogP contribution in [0.25, 0.3) is 0 Å². The van der Waals surface area contributed by atoms with E-state index in [0.717, 1.165) is 12.2 Å². The quantitative estimate of drug-likeness (QED) is 0.876. The van der Waals surface area contributed by atoms with E-state index in [0.29, 0.717) is 6.61 Å². The topological polar surface area (TPSA) is 39.1 Å². The molecule has 1 atom stereocenters. The van der Waals surface area contributed by atoms with Crippen molar-refractivity contribution in [2.45, 2.75) is 59.7 Å². The summed E-state index contributed by atoms with van der Waals surface area (Å²) in [6.07, 6.45) is 0. The Morgan fingerprint density at radius 3 is 2.44 bits per heavy atom. The molecule has 1 unspecified atom stereocenters. The van der Waals surface area contributed by atoms with Gasteiger partial charge >= 0.3 is 0 Å². The molecule has 4 heteroatoms. The van der Waals surface area contributed by atoms with Gasteiger partial charge in [0.25, 0.3) is 0 Å². The molecule has 0 aliphatic heterocycles. The first-order valence-corrected chi connectivity index (χ1v) is 6.55. The molecule has 0 radical (unpaired) electrons. The molecule has 0 aromatic carbocycles. The fourth-order valence-corrected chi connectivity index (χ4v) is 2.05. The zero-order chi connectivity index (χ0) is 13.9. The molecule has 1 N–H and O–H groups in total. The third-order valence-electron chi connectivity index (χ3n) is 3.10. The van der Waals surface area contributed by atoms with Crippen LogP contribution in [0.2, 0.25) is 0 Å². The summed E-state index contributed by atoms with van der Waals surface area (Å²) in [5.74, 6) is 0. The molecule has 0 saturated carbocycles. The van der Waals surface area contributed by atoms with E-state index in [4.69, 9.17) is 4.74 Å². The molecule has 0 bridgehead atoms. The van der Waals surface area contributed by atoms with Crippen LogP contribution in [-0.2, 0) is 11.3 Å². The highest BCUT2D eigenvalue weighted by molar-refractivity contribution is 5.25. The van der Waals surface area contributed by atoms with Gasteiger partial charge in [-0.25, -0.2) is 0 Å². The van der Waals surface area contributed by atoms with Gasteiger partial charge in [0.15, 0.2) is 0 Å². The molecule has 0 spiro atoms. The molecule has 0 aliphatic rings. The first-order valence-electron chi connectivity index (χ1n) is 6.55. The number of methoxy groups -OCH3 is 1. The van der Waals surface area contributed by atoms with Crippen molar-refractivity contribution >= 4 is 0 Å². The summed E-state index contributed by atoms with van der Waals surface area (Å²) >= 11 is 0. The predicted molar refractivity (Wildman–Crippen MR) is 74.9 cm³/mol. The average Bonchev–Trinajstić information content (AvgIpc) is 2.51. The maximum absolute atomic E-state index is 5.20. The summed E-state index contributed by atoms with van der Waals surface area (Å²) in [6, 6.07) is 0.275. The Hall–Kier alpha value is -0.870. The summed E-state index contributed by atoms with van der Waals surface area (Å²) in [4.78, 5) is 0. The first kappa shape index (κ1) is 15.2. The Kier molecular flexibility index (Phi) is 4.93. The fourth-order valence-electron chi connectivity index (χ4n) is 2.05. The lowest BCUT2D eigenvalue weighted by molar-refractivity contribution is 0.156. The van der Waals surface area contributed by atoms with Crippen molar-refractivity contribution in [2.75, 3.05) is 13.7 Å². The van der Waals surface area contributed by atoms with Crippen molar-refractivity contribution in [3.05, 3.63) is 17.0 Å². The van der Waals surface area contributed by atoms with Crippen molar-refractivity contribution in [1.82, 2.24) is 15.1 Å². The summed E-state index contributed by atoms with van der Waals surface area (Å²) in [5.41, 5.74) is 3.76. The summed E-state index contributed by atoms with van der Waals surface area (Å²) in [6.45, 7) is 14.4. The highest BCUT2D eigenvalue weighted by Gasteiger charge is 2.17. The van der Waals surface area contributed by atoms with Crippen molar-refractivity contribution in [2.24, 2.45) is 0 Å². The number of nitrogens with zero attached hydrogens (tertiary/aromatic N) is 2. The zero-order valence-electron chi connectivity index (χ0n) is 12.8. The van der Waals surface area contributed by atoms with E-state index in [1.165, 1.54) is 11.3 Å². The lowest BCUT2D eigenvalue weighted by Crippen LogP contribution is -2.35. The molecule has 1 aromatic heterocycles. The van der Waals surface area contributed by atoms with E-state index < -0.39 is 0 Å². The summed E-state index contributed by atoms with van der Waals surface area (Å²) < 4.78 is 7.27. The molecule has 1 aromatic rings. The van der Waals surface area contributed by atoms with E-state index in [9.17, 15) is 0 Å². The molecule has 0 saturated heterocycles. The van der Waals surface area contributed by atoms with Crippen LogP contribution in [0.15, 0.2) is 0 Å². The standard InChI is InChI=1S/C14H27N3O/c1-10(9-18-7)17-12(3)13(11(2)16-17)8-15-14(4,5)6/h10,15H,8-9H2,1-7H3. The van der Waals surface area contributed by atoms with Crippen molar-refractivity contribution in [3.63, 3.8) is 0 Å². The second-order valence-electron chi connectivity index (χ2n) is 6.00. The number of aryl methyl sites for hydroxylation is 1. The first-order chi connectivity index (χ1) is 8.26. The van der Waals surface area contributed by atoms with Crippen LogP contribution < -0.4 is 5.32 Å². The van der Waals surface area contributed by atoms with Gasteiger partial charge in [-0.2, -0.15) is 5.10 Å². The Bertz CT molecular complexity index is 390. The van der Waals surface area contributed by atoms with Crippen LogP contribution >= 0.6 is 0 Å². The molecular weight excluding hydrogens is 226 g/mol. The second-order valence-corrected chi connectivity index (χ2v) is 6.00. The number of hydrogen-bond acceptors (Lipinski definition) is 3. The summed E-state index contributed by atoms with van der Waals surface area (Å²) in [5, 5.41) is 8.15. The van der Waals surface area contributed by atoms with E-state index in [-0.39, 0.29) is 11.6 Å². The van der Waals surface area contributed by atoms with Gasteiger partial charge in [-0.3, -0.25) is 4.68 Å². The minimum absolute atomic E-state index is 0.124. The van der Waals surface area contributed by atoms with Crippen molar-refractivity contribution in [3.8, 4) is 0 Å². The van der Waals surface area contributed by atoms with E-state index >= 15 is 0 Å². The van der Waals surface area contributed by atoms with Gasteiger partial charge in [-0.1, -0.05) is 0 Å². The highest BCUT2D eigenvalue weighted by Crippen LogP contribution is 2.18. The normalized spacial score (nSPS) is 13.9. The van der Waals surface area contributed by atoms with Gasteiger partial charge < -0.3 is 10.1 Å². The van der Waals surface area contributed by atoms with E-state index in [1.54, 1.807) is 7.11 Å². The molecule has 4 nitrogen and oxygen atoms in total. The molecule has 1 rings (SSSR count).